The van der Waals surface area contributed by atoms with Crippen molar-refractivity contribution in [3.8, 4) is 0 Å². The van der Waals surface area contributed by atoms with Crippen molar-refractivity contribution >= 4 is 5.91 Å². The van der Waals surface area contributed by atoms with E-state index in [4.69, 9.17) is 5.73 Å². The van der Waals surface area contributed by atoms with Gasteiger partial charge in [0, 0.05) is 0 Å². The Morgan fingerprint density at radius 2 is 2.00 bits per heavy atom. The maximum Gasteiger partial charge on any atom is 0.234 e. The van der Waals surface area contributed by atoms with Crippen molar-refractivity contribution in [2.24, 2.45) is 5.73 Å². The molecule has 14 heavy (non-hydrogen) atoms. The summed E-state index contributed by atoms with van der Waals surface area (Å²) in [5.74, 6) is -0.312. The zero-order chi connectivity index (χ0) is 10.6. The molecule has 0 saturated carbocycles. The highest BCUT2D eigenvalue weighted by atomic mass is 16.1. The lowest BCUT2D eigenvalue weighted by molar-refractivity contribution is -0.119. The quantitative estimate of drug-likeness (QED) is 0.734. The summed E-state index contributed by atoms with van der Waals surface area (Å²) in [6.07, 6.45) is 0.645. The number of nitrogens with two attached hydrogens (primary N) is 1. The van der Waals surface area contributed by atoms with Crippen molar-refractivity contribution in [3.05, 3.63) is 35.4 Å². The fraction of sp³-hybridized carbons (Fsp3) is 0.364. The maximum absolute atomic E-state index is 11.0. The number of carbonyl (C=O) groups is 1. The molecule has 1 aromatic rings. The second kappa shape index (κ2) is 4.77. The molecule has 3 N–H and O–H groups in total. The Hall–Kier alpha value is -1.35. The molecule has 76 valence electrons. The average molecular weight is 192 g/mol. The molecule has 1 aromatic carbocycles. The summed E-state index contributed by atoms with van der Waals surface area (Å²) >= 11 is 0. The number of hydrogen-bond donors (Lipinski definition) is 2. The number of nitrogens with one attached hydrogen (secondary N) is 1. The number of carbonyl (C=O) groups excluding carboxylic acids is 1. The molecule has 0 unspecified atom stereocenters. The monoisotopic (exact) mass is 192 g/mol. The van der Waals surface area contributed by atoms with Crippen LogP contribution in [-0.4, -0.2) is 19.0 Å². The van der Waals surface area contributed by atoms with Crippen LogP contribution in [0.25, 0.3) is 0 Å². The van der Waals surface area contributed by atoms with Crippen molar-refractivity contribution < 1.29 is 4.79 Å². The topological polar surface area (TPSA) is 55.1 Å². The number of primary amides is 1. The Labute approximate surface area is 84.3 Å². The van der Waals surface area contributed by atoms with Gasteiger partial charge < -0.3 is 11.1 Å². The molecule has 1 amide bonds. The molecule has 0 spiro atoms. The fourth-order valence-corrected chi connectivity index (χ4v) is 1.30. The number of hydrogen-bond acceptors (Lipinski definition) is 2. The van der Waals surface area contributed by atoms with E-state index in [1.54, 1.807) is 7.05 Å². The van der Waals surface area contributed by atoms with Crippen LogP contribution in [0.2, 0.25) is 0 Å². The van der Waals surface area contributed by atoms with Crippen LogP contribution in [0.3, 0.4) is 0 Å². The molecule has 0 bridgehead atoms. The van der Waals surface area contributed by atoms with Gasteiger partial charge in [-0.1, -0.05) is 29.8 Å². The molecule has 0 radical (unpaired) electrons. The van der Waals surface area contributed by atoms with Crippen LogP contribution in [0.5, 0.6) is 0 Å². The number of likely N-dealkylation sites (N-methyl/N-ethyl adjacent to an activating group) is 1. The smallest absolute Gasteiger partial charge is 0.234 e. The first-order valence-electron chi connectivity index (χ1n) is 4.65. The summed E-state index contributed by atoms with van der Waals surface area (Å²) in [5, 5.41) is 2.89. The predicted molar refractivity (Wildman–Crippen MR) is 56.9 cm³/mol. The Balaban J connectivity index is 2.67. The number of amides is 1. The van der Waals surface area contributed by atoms with Gasteiger partial charge in [-0.25, -0.2) is 0 Å². The second-order valence-corrected chi connectivity index (χ2v) is 3.43. The minimum Gasteiger partial charge on any atom is -0.368 e. The van der Waals surface area contributed by atoms with E-state index >= 15 is 0 Å². The van der Waals surface area contributed by atoms with Crippen LogP contribution in [-0.2, 0) is 11.2 Å². The van der Waals surface area contributed by atoms with Gasteiger partial charge in [0.1, 0.15) is 0 Å². The van der Waals surface area contributed by atoms with Gasteiger partial charge in [-0.2, -0.15) is 0 Å². The summed E-state index contributed by atoms with van der Waals surface area (Å²) in [6, 6.07) is 7.81. The van der Waals surface area contributed by atoms with Gasteiger partial charge in [-0.15, -0.1) is 0 Å². The molecular formula is C11H16N2O. The summed E-state index contributed by atoms with van der Waals surface area (Å²) in [6.45, 7) is 2.04. The van der Waals surface area contributed by atoms with Crippen LogP contribution < -0.4 is 11.1 Å². The molecule has 0 saturated heterocycles. The minimum atomic E-state index is -0.312. The molecule has 0 aromatic heterocycles. The Morgan fingerprint density at radius 1 is 1.43 bits per heavy atom. The van der Waals surface area contributed by atoms with E-state index in [-0.39, 0.29) is 11.9 Å². The summed E-state index contributed by atoms with van der Waals surface area (Å²) in [5.41, 5.74) is 7.56. The van der Waals surface area contributed by atoms with Crippen molar-refractivity contribution in [2.75, 3.05) is 7.05 Å². The highest BCUT2D eigenvalue weighted by Crippen LogP contribution is 2.05. The largest absolute Gasteiger partial charge is 0.368 e. The lowest BCUT2D eigenvalue weighted by Crippen LogP contribution is -2.40. The van der Waals surface area contributed by atoms with Crippen molar-refractivity contribution in [1.82, 2.24) is 5.32 Å². The molecule has 0 aliphatic rings. The SMILES string of the molecule is CN[C@@H](Cc1ccc(C)cc1)C(N)=O. The molecule has 0 heterocycles. The Bertz CT molecular complexity index is 306. The van der Waals surface area contributed by atoms with E-state index in [0.29, 0.717) is 6.42 Å². The minimum absolute atomic E-state index is 0.280. The van der Waals surface area contributed by atoms with Gasteiger partial charge in [-0.3, -0.25) is 4.79 Å². The lowest BCUT2D eigenvalue weighted by Gasteiger charge is -2.11. The van der Waals surface area contributed by atoms with E-state index in [1.165, 1.54) is 5.56 Å². The van der Waals surface area contributed by atoms with Gasteiger partial charge in [0.2, 0.25) is 5.91 Å². The third-order valence-corrected chi connectivity index (χ3v) is 2.25. The predicted octanol–water partition coefficient (Wildman–Crippen LogP) is 0.611. The fourth-order valence-electron chi connectivity index (χ4n) is 1.30. The van der Waals surface area contributed by atoms with Gasteiger partial charge >= 0.3 is 0 Å². The molecule has 1 atom stereocenters. The standard InChI is InChI=1S/C11H16N2O/c1-8-3-5-9(6-4-8)7-10(13-2)11(12)14/h3-6,10,13H,7H2,1-2H3,(H2,12,14)/t10-/m0/s1. The molecule has 0 aliphatic heterocycles. The molecular weight excluding hydrogens is 176 g/mol. The zero-order valence-corrected chi connectivity index (χ0v) is 8.58. The van der Waals surface area contributed by atoms with Gasteiger partial charge in [0.25, 0.3) is 0 Å². The van der Waals surface area contributed by atoms with Crippen LogP contribution in [0.15, 0.2) is 24.3 Å². The maximum atomic E-state index is 11.0. The Kier molecular flexibility index (Phi) is 3.65. The first-order chi connectivity index (χ1) is 6.63. The third-order valence-electron chi connectivity index (χ3n) is 2.25. The molecule has 3 nitrogen and oxygen atoms in total. The van der Waals surface area contributed by atoms with Crippen LogP contribution >= 0.6 is 0 Å². The molecule has 3 heteroatoms. The van der Waals surface area contributed by atoms with Gasteiger partial charge in [-0.05, 0) is 26.0 Å². The van der Waals surface area contributed by atoms with Crippen molar-refractivity contribution in [3.63, 3.8) is 0 Å². The summed E-state index contributed by atoms with van der Waals surface area (Å²) < 4.78 is 0. The number of rotatable bonds is 4. The van der Waals surface area contributed by atoms with E-state index in [9.17, 15) is 4.79 Å². The molecule has 1 rings (SSSR count). The van der Waals surface area contributed by atoms with E-state index in [1.807, 2.05) is 31.2 Å². The normalized spacial score (nSPS) is 12.4. The summed E-state index contributed by atoms with van der Waals surface area (Å²) in [4.78, 5) is 11.0. The van der Waals surface area contributed by atoms with Gasteiger partial charge in [0.05, 0.1) is 6.04 Å². The first kappa shape index (κ1) is 10.7. The second-order valence-electron chi connectivity index (χ2n) is 3.43. The van der Waals surface area contributed by atoms with Gasteiger partial charge in [0.15, 0.2) is 0 Å². The lowest BCUT2D eigenvalue weighted by atomic mass is 10.0. The van der Waals surface area contributed by atoms with Crippen LogP contribution in [0.1, 0.15) is 11.1 Å². The molecule has 0 fully saturated rings. The van der Waals surface area contributed by atoms with E-state index < -0.39 is 0 Å². The van der Waals surface area contributed by atoms with Crippen molar-refractivity contribution in [1.29, 1.82) is 0 Å². The van der Waals surface area contributed by atoms with E-state index in [2.05, 4.69) is 5.32 Å². The molecule has 0 aliphatic carbocycles. The number of aryl methyl sites for hydroxylation is 1. The highest BCUT2D eigenvalue weighted by Gasteiger charge is 2.12. The van der Waals surface area contributed by atoms with Crippen molar-refractivity contribution in [2.45, 2.75) is 19.4 Å². The van der Waals surface area contributed by atoms with E-state index in [0.717, 1.165) is 5.56 Å². The average Bonchev–Trinajstić information content (AvgIpc) is 2.16. The summed E-state index contributed by atoms with van der Waals surface area (Å²) in [7, 11) is 1.74. The zero-order valence-electron chi connectivity index (χ0n) is 8.58. The number of benzene rings is 1. The van der Waals surface area contributed by atoms with Crippen LogP contribution in [0, 0.1) is 6.92 Å². The Morgan fingerprint density at radius 3 is 2.43 bits per heavy atom. The van der Waals surface area contributed by atoms with Crippen LogP contribution in [0.4, 0.5) is 0 Å². The third kappa shape index (κ3) is 2.85. The highest BCUT2D eigenvalue weighted by molar-refractivity contribution is 5.80. The first-order valence-corrected chi connectivity index (χ1v) is 4.65.